The fraction of sp³-hybridized carbons (Fsp3) is 0.400. The van der Waals surface area contributed by atoms with Gasteiger partial charge in [0, 0.05) is 0 Å². The number of alkyl halides is 12. The monoisotopic (exact) mass is 469 g/mol. The van der Waals surface area contributed by atoms with Crippen molar-refractivity contribution in [3.8, 4) is 0 Å². The first-order chi connectivity index (χ1) is 11.1. The number of halogens is 12. The van der Waals surface area contributed by atoms with Crippen molar-refractivity contribution in [2.24, 2.45) is 0 Å². The molecule has 0 N–H and O–H groups in total. The first-order valence-corrected chi connectivity index (χ1v) is 5.24. The second kappa shape index (κ2) is 9.87. The van der Waals surface area contributed by atoms with Gasteiger partial charge in [-0.05, 0) is 23.7 Å². The molecule has 0 aliphatic heterocycles. The van der Waals surface area contributed by atoms with Crippen LogP contribution in [0.2, 0.25) is 0 Å². The van der Waals surface area contributed by atoms with E-state index in [2.05, 4.69) is 0 Å². The Morgan fingerprint density at radius 2 is 0.704 bits per heavy atom. The molecule has 0 spiro atoms. The number of ketones is 2. The van der Waals surface area contributed by atoms with Gasteiger partial charge in [-0.1, -0.05) is 0 Å². The molecule has 1 radical (unpaired) electrons. The average Bonchev–Trinajstić information content (AvgIpc) is 2.34. The maximum absolute atomic E-state index is 11.3. The van der Waals surface area contributed by atoms with Gasteiger partial charge in [0.25, 0.3) is 11.6 Å². The molecule has 157 valence electrons. The van der Waals surface area contributed by atoms with Crippen LogP contribution >= 0.6 is 0 Å². The van der Waals surface area contributed by atoms with Crippen molar-refractivity contribution < 1.29 is 89.6 Å². The molecule has 0 fully saturated rings. The molecule has 4 nitrogen and oxygen atoms in total. The van der Waals surface area contributed by atoms with E-state index in [0.717, 1.165) is 0 Å². The Kier molecular flexibility index (Phi) is 10.9. The number of rotatable bonds is 2. The summed E-state index contributed by atoms with van der Waals surface area (Å²) in [5.41, 5.74) is 0. The largest absolute Gasteiger partial charge is 2.00 e. The molecule has 0 bridgehead atoms. The normalized spacial score (nSPS) is 13.9. The SMILES string of the molecule is O=C(/C=C(\[O-])C(F)(F)F)C(F)(F)F.O=C(/C=C(\[O-])C(F)(F)F)C(F)(F)F.[Mn+2]. The van der Waals surface area contributed by atoms with Gasteiger partial charge in [-0.15, -0.1) is 0 Å². The first-order valence-electron chi connectivity index (χ1n) is 5.24. The molecule has 0 saturated heterocycles. The molecule has 17 heteroatoms. The van der Waals surface area contributed by atoms with E-state index >= 15 is 0 Å². The summed E-state index contributed by atoms with van der Waals surface area (Å²) >= 11 is 0. The van der Waals surface area contributed by atoms with E-state index in [-0.39, 0.29) is 17.1 Å². The number of hydrogen-bond acceptors (Lipinski definition) is 4. The number of allylic oxidation sites excluding steroid dienone is 4. The summed E-state index contributed by atoms with van der Waals surface area (Å²) in [5, 5.41) is 19.6. The van der Waals surface area contributed by atoms with Crippen LogP contribution in [0, 0.1) is 0 Å². The second-order valence-corrected chi connectivity index (χ2v) is 3.74. The van der Waals surface area contributed by atoms with Crippen LogP contribution in [0.4, 0.5) is 52.7 Å². The fourth-order valence-electron chi connectivity index (χ4n) is 0.565. The molecular formula is C10H2F12MnO4. The van der Waals surface area contributed by atoms with Crippen LogP contribution in [-0.4, -0.2) is 36.3 Å². The predicted octanol–water partition coefficient (Wildman–Crippen LogP) is 1.85. The van der Waals surface area contributed by atoms with Crippen molar-refractivity contribution >= 4 is 11.6 Å². The van der Waals surface area contributed by atoms with Crippen molar-refractivity contribution in [1.82, 2.24) is 0 Å². The van der Waals surface area contributed by atoms with E-state index in [1.54, 1.807) is 0 Å². The molecule has 27 heavy (non-hydrogen) atoms. The molecular weight excluding hydrogens is 467 g/mol. The molecule has 0 unspecified atom stereocenters. The quantitative estimate of drug-likeness (QED) is 0.268. The van der Waals surface area contributed by atoms with Gasteiger partial charge in [-0.3, -0.25) is 9.59 Å². The van der Waals surface area contributed by atoms with Crippen LogP contribution in [-0.2, 0) is 26.7 Å². The number of carbonyl (C=O) groups is 2. The van der Waals surface area contributed by atoms with Crippen molar-refractivity contribution in [3.05, 3.63) is 23.7 Å². The van der Waals surface area contributed by atoms with Crippen molar-refractivity contribution in [2.45, 2.75) is 24.7 Å². The molecule has 0 aromatic heterocycles. The van der Waals surface area contributed by atoms with E-state index in [4.69, 9.17) is 0 Å². The molecule has 0 aromatic carbocycles. The zero-order valence-electron chi connectivity index (χ0n) is 11.7. The third-order valence-corrected chi connectivity index (χ3v) is 1.64. The van der Waals surface area contributed by atoms with Gasteiger partial charge in [-0.25, -0.2) is 0 Å². The average molecular weight is 469 g/mol. The summed E-state index contributed by atoms with van der Waals surface area (Å²) in [7, 11) is 0. The van der Waals surface area contributed by atoms with Crippen LogP contribution in [0.3, 0.4) is 0 Å². The van der Waals surface area contributed by atoms with Crippen molar-refractivity contribution in [3.63, 3.8) is 0 Å². The van der Waals surface area contributed by atoms with Crippen LogP contribution in [0.1, 0.15) is 0 Å². The first kappa shape index (κ1) is 29.8. The van der Waals surface area contributed by atoms with Gasteiger partial charge in [-0.2, -0.15) is 52.7 Å². The third-order valence-electron chi connectivity index (χ3n) is 1.64. The van der Waals surface area contributed by atoms with Crippen LogP contribution < -0.4 is 10.2 Å². The van der Waals surface area contributed by atoms with Gasteiger partial charge in [0.15, 0.2) is 0 Å². The minimum atomic E-state index is -5.46. The smallest absolute Gasteiger partial charge is 0.869 e. The number of carbonyl (C=O) groups excluding carboxylic acids is 2. The summed E-state index contributed by atoms with van der Waals surface area (Å²) in [6.45, 7) is 0. The number of hydrogen-bond donors (Lipinski definition) is 0. The van der Waals surface area contributed by atoms with Crippen LogP contribution in [0.25, 0.3) is 0 Å². The predicted molar refractivity (Wildman–Crippen MR) is 50.4 cm³/mol. The summed E-state index contributed by atoms with van der Waals surface area (Å²) in [5.74, 6) is -11.3. The maximum atomic E-state index is 11.3. The zero-order valence-corrected chi connectivity index (χ0v) is 12.9. The Labute approximate surface area is 150 Å². The maximum Gasteiger partial charge on any atom is 2.00 e. The second-order valence-electron chi connectivity index (χ2n) is 3.74. The molecule has 0 atom stereocenters. The van der Waals surface area contributed by atoms with E-state index in [1.165, 1.54) is 0 Å². The van der Waals surface area contributed by atoms with E-state index in [1.807, 2.05) is 0 Å². The Bertz CT molecular complexity index is 527. The molecule has 0 aliphatic rings. The van der Waals surface area contributed by atoms with Gasteiger partial charge in [0.2, 0.25) is 0 Å². The fourth-order valence-corrected chi connectivity index (χ4v) is 0.565. The summed E-state index contributed by atoms with van der Waals surface area (Å²) in [6, 6.07) is 0. The summed E-state index contributed by atoms with van der Waals surface area (Å²) in [4.78, 5) is 19.6. The van der Waals surface area contributed by atoms with Gasteiger partial charge >= 0.3 is 41.8 Å². The summed E-state index contributed by atoms with van der Waals surface area (Å²) < 4.78 is 136. The minimum absolute atomic E-state index is 0. The Morgan fingerprint density at radius 3 is 0.815 bits per heavy atom. The van der Waals surface area contributed by atoms with E-state index in [0.29, 0.717) is 0 Å². The Morgan fingerprint density at radius 1 is 0.519 bits per heavy atom. The van der Waals surface area contributed by atoms with Crippen molar-refractivity contribution in [2.75, 3.05) is 0 Å². The van der Waals surface area contributed by atoms with Crippen LogP contribution in [0.15, 0.2) is 23.7 Å². The molecule has 0 aromatic rings. The zero-order chi connectivity index (χ0) is 21.7. The van der Waals surface area contributed by atoms with E-state index < -0.39 is 59.9 Å². The third kappa shape index (κ3) is 13.0. The Hall–Kier alpha value is -1.90. The molecule has 0 heterocycles. The molecule has 0 amide bonds. The Balaban J connectivity index is -0.000000411. The molecule has 0 rings (SSSR count). The standard InChI is InChI=1S/2C5H2F6O2.Mn/c2*6-4(7,8)2(12)1-3(13)5(9,10)11;/h2*1,12H;/q;;+2/p-2/b2*2-1-;. The van der Waals surface area contributed by atoms with Gasteiger partial charge in [0.05, 0.1) is 0 Å². The molecule has 0 aliphatic carbocycles. The van der Waals surface area contributed by atoms with E-state index in [9.17, 15) is 72.5 Å². The summed E-state index contributed by atoms with van der Waals surface area (Å²) in [6.07, 6.45) is -23.9. The topological polar surface area (TPSA) is 80.3 Å². The molecule has 0 saturated carbocycles. The van der Waals surface area contributed by atoms with Gasteiger partial charge < -0.3 is 10.2 Å². The van der Waals surface area contributed by atoms with Crippen LogP contribution in [0.5, 0.6) is 0 Å². The van der Waals surface area contributed by atoms with Gasteiger partial charge in [0.1, 0.15) is 0 Å². The minimum Gasteiger partial charge on any atom is -0.869 e. The van der Waals surface area contributed by atoms with Crippen molar-refractivity contribution in [1.29, 1.82) is 0 Å².